The molecular weight excluding hydrogens is 240 g/mol. The predicted octanol–water partition coefficient (Wildman–Crippen LogP) is 2.34. The summed E-state index contributed by atoms with van der Waals surface area (Å²) in [4.78, 5) is 11.9. The molecule has 0 saturated heterocycles. The summed E-state index contributed by atoms with van der Waals surface area (Å²) in [7, 11) is 0. The van der Waals surface area contributed by atoms with Gasteiger partial charge < -0.3 is 10.4 Å². The van der Waals surface area contributed by atoms with E-state index in [4.69, 9.17) is 5.11 Å². The summed E-state index contributed by atoms with van der Waals surface area (Å²) in [5.41, 5.74) is -0.195. The number of halogens is 2. The first-order valence-corrected chi connectivity index (χ1v) is 6.45. The molecule has 1 rings (SSSR count). The zero-order chi connectivity index (χ0) is 14.0. The number of amides is 1. The molecule has 18 heavy (non-hydrogen) atoms. The van der Waals surface area contributed by atoms with Crippen LogP contribution in [0.3, 0.4) is 0 Å². The standard InChI is InChI=1S/C13H23F2NO2/c1-12(2,3)10(5-7-17)16-11(18)9-4-6-13(14,15)8-9/h9-10,17H,4-8H2,1-3H3,(H,16,18). The zero-order valence-electron chi connectivity index (χ0n) is 11.3. The van der Waals surface area contributed by atoms with E-state index in [2.05, 4.69) is 5.32 Å². The van der Waals surface area contributed by atoms with Gasteiger partial charge >= 0.3 is 0 Å². The van der Waals surface area contributed by atoms with Crippen molar-refractivity contribution in [2.45, 2.75) is 58.4 Å². The summed E-state index contributed by atoms with van der Waals surface area (Å²) in [5, 5.41) is 11.8. The first kappa shape index (κ1) is 15.3. The zero-order valence-corrected chi connectivity index (χ0v) is 11.3. The van der Waals surface area contributed by atoms with Gasteiger partial charge in [-0.15, -0.1) is 0 Å². The molecule has 1 aliphatic carbocycles. The molecule has 0 aliphatic heterocycles. The van der Waals surface area contributed by atoms with Crippen LogP contribution in [0.15, 0.2) is 0 Å². The van der Waals surface area contributed by atoms with E-state index in [0.717, 1.165) is 0 Å². The molecule has 1 aliphatic rings. The van der Waals surface area contributed by atoms with E-state index in [0.29, 0.717) is 6.42 Å². The van der Waals surface area contributed by atoms with E-state index >= 15 is 0 Å². The maximum atomic E-state index is 13.1. The maximum absolute atomic E-state index is 13.1. The number of hydrogen-bond acceptors (Lipinski definition) is 2. The summed E-state index contributed by atoms with van der Waals surface area (Å²) in [6.45, 7) is 5.84. The van der Waals surface area contributed by atoms with Crippen molar-refractivity contribution in [1.82, 2.24) is 5.32 Å². The Morgan fingerprint density at radius 1 is 1.50 bits per heavy atom. The molecule has 2 unspecified atom stereocenters. The fourth-order valence-corrected chi connectivity index (χ4v) is 2.31. The Kier molecular flexibility index (Phi) is 4.70. The van der Waals surface area contributed by atoms with Crippen LogP contribution in [-0.2, 0) is 4.79 Å². The molecule has 0 aromatic heterocycles. The first-order chi connectivity index (χ1) is 8.15. The number of nitrogens with one attached hydrogen (secondary N) is 1. The van der Waals surface area contributed by atoms with Crippen LogP contribution >= 0.6 is 0 Å². The Balaban J connectivity index is 2.57. The molecule has 1 saturated carbocycles. The molecule has 0 radical (unpaired) electrons. The van der Waals surface area contributed by atoms with Gasteiger partial charge in [-0.25, -0.2) is 8.78 Å². The largest absolute Gasteiger partial charge is 0.396 e. The average molecular weight is 263 g/mol. The quantitative estimate of drug-likeness (QED) is 0.818. The van der Waals surface area contributed by atoms with Crippen LogP contribution in [0.5, 0.6) is 0 Å². The molecule has 106 valence electrons. The third-order valence-corrected chi connectivity index (χ3v) is 3.55. The minimum atomic E-state index is -2.70. The predicted molar refractivity (Wildman–Crippen MR) is 65.4 cm³/mol. The average Bonchev–Trinajstić information content (AvgIpc) is 2.57. The van der Waals surface area contributed by atoms with Crippen LogP contribution < -0.4 is 5.32 Å². The highest BCUT2D eigenvalue weighted by Crippen LogP contribution is 2.39. The lowest BCUT2D eigenvalue weighted by atomic mass is 9.84. The lowest BCUT2D eigenvalue weighted by Gasteiger charge is -2.32. The van der Waals surface area contributed by atoms with Gasteiger partial charge in [0.2, 0.25) is 11.8 Å². The minimum absolute atomic E-state index is 0.0248. The Bertz CT molecular complexity index is 300. The van der Waals surface area contributed by atoms with Crippen LogP contribution in [0, 0.1) is 11.3 Å². The Morgan fingerprint density at radius 3 is 2.50 bits per heavy atom. The molecule has 0 spiro atoms. The van der Waals surface area contributed by atoms with E-state index in [1.807, 2.05) is 20.8 Å². The van der Waals surface area contributed by atoms with Gasteiger partial charge in [-0.1, -0.05) is 20.8 Å². The molecule has 0 bridgehead atoms. The van der Waals surface area contributed by atoms with Crippen molar-refractivity contribution >= 4 is 5.91 Å². The smallest absolute Gasteiger partial charge is 0.248 e. The molecule has 0 aromatic carbocycles. The number of aliphatic hydroxyl groups is 1. The van der Waals surface area contributed by atoms with Crippen molar-refractivity contribution in [2.24, 2.45) is 11.3 Å². The molecule has 1 fully saturated rings. The number of carbonyl (C=O) groups is 1. The van der Waals surface area contributed by atoms with Crippen molar-refractivity contribution in [2.75, 3.05) is 6.61 Å². The number of hydrogen-bond donors (Lipinski definition) is 2. The Morgan fingerprint density at radius 2 is 2.11 bits per heavy atom. The highest BCUT2D eigenvalue weighted by molar-refractivity contribution is 5.79. The molecule has 5 heteroatoms. The number of carbonyl (C=O) groups excluding carboxylic acids is 1. The van der Waals surface area contributed by atoms with Crippen molar-refractivity contribution in [1.29, 1.82) is 0 Å². The second-order valence-corrected chi connectivity index (χ2v) is 6.24. The van der Waals surface area contributed by atoms with Gasteiger partial charge in [0.25, 0.3) is 0 Å². The molecule has 2 atom stereocenters. The van der Waals surface area contributed by atoms with Crippen LogP contribution in [0.1, 0.15) is 46.5 Å². The fraction of sp³-hybridized carbons (Fsp3) is 0.923. The highest BCUT2D eigenvalue weighted by atomic mass is 19.3. The van der Waals surface area contributed by atoms with Gasteiger partial charge in [0.1, 0.15) is 0 Å². The van der Waals surface area contributed by atoms with Gasteiger partial charge in [0.05, 0.1) is 0 Å². The topological polar surface area (TPSA) is 49.3 Å². The Hall–Kier alpha value is -0.710. The van der Waals surface area contributed by atoms with Crippen molar-refractivity contribution in [3.63, 3.8) is 0 Å². The molecular formula is C13H23F2NO2. The summed E-state index contributed by atoms with van der Waals surface area (Å²) < 4.78 is 26.1. The fourth-order valence-electron chi connectivity index (χ4n) is 2.31. The van der Waals surface area contributed by atoms with Gasteiger partial charge in [-0.2, -0.15) is 0 Å². The van der Waals surface area contributed by atoms with Crippen LogP contribution in [0.4, 0.5) is 8.78 Å². The van der Waals surface area contributed by atoms with Crippen molar-refractivity contribution in [3.05, 3.63) is 0 Å². The Labute approximate surface area is 107 Å². The SMILES string of the molecule is CC(C)(C)C(CCO)NC(=O)C1CCC(F)(F)C1. The second kappa shape index (κ2) is 5.51. The summed E-state index contributed by atoms with van der Waals surface area (Å²) in [6, 6.07) is -0.191. The van der Waals surface area contributed by atoms with E-state index in [-0.39, 0.29) is 43.2 Å². The normalized spacial score (nSPS) is 24.9. The monoisotopic (exact) mass is 263 g/mol. The third-order valence-electron chi connectivity index (χ3n) is 3.55. The summed E-state index contributed by atoms with van der Waals surface area (Å²) >= 11 is 0. The van der Waals surface area contributed by atoms with Gasteiger partial charge in [-0.05, 0) is 18.3 Å². The number of alkyl halides is 2. The lowest BCUT2D eigenvalue weighted by molar-refractivity contribution is -0.127. The molecule has 1 amide bonds. The van der Waals surface area contributed by atoms with Gasteiger partial charge in [0, 0.05) is 31.4 Å². The van der Waals surface area contributed by atoms with Crippen LogP contribution in [0.25, 0.3) is 0 Å². The van der Waals surface area contributed by atoms with E-state index in [1.165, 1.54) is 0 Å². The number of aliphatic hydroxyl groups excluding tert-OH is 1. The molecule has 2 N–H and O–H groups in total. The van der Waals surface area contributed by atoms with Gasteiger partial charge in [-0.3, -0.25) is 4.79 Å². The minimum Gasteiger partial charge on any atom is -0.396 e. The van der Waals surface area contributed by atoms with E-state index < -0.39 is 11.8 Å². The maximum Gasteiger partial charge on any atom is 0.248 e. The van der Waals surface area contributed by atoms with Gasteiger partial charge in [0.15, 0.2) is 0 Å². The first-order valence-electron chi connectivity index (χ1n) is 6.45. The summed E-state index contributed by atoms with van der Waals surface area (Å²) in [5.74, 6) is -3.60. The molecule has 0 heterocycles. The van der Waals surface area contributed by atoms with Crippen molar-refractivity contribution < 1.29 is 18.7 Å². The molecule has 0 aromatic rings. The highest BCUT2D eigenvalue weighted by Gasteiger charge is 2.43. The van der Waals surface area contributed by atoms with Crippen LogP contribution in [0.2, 0.25) is 0 Å². The number of rotatable bonds is 4. The molecule has 3 nitrogen and oxygen atoms in total. The van der Waals surface area contributed by atoms with Crippen LogP contribution in [-0.4, -0.2) is 29.6 Å². The van der Waals surface area contributed by atoms with Crippen molar-refractivity contribution in [3.8, 4) is 0 Å². The van der Waals surface area contributed by atoms with E-state index in [9.17, 15) is 13.6 Å². The second-order valence-electron chi connectivity index (χ2n) is 6.24. The van der Waals surface area contributed by atoms with E-state index in [1.54, 1.807) is 0 Å². The lowest BCUT2D eigenvalue weighted by Crippen LogP contribution is -2.46. The third kappa shape index (κ3) is 4.19. The summed E-state index contributed by atoms with van der Waals surface area (Å²) in [6.07, 6.45) is 0.132.